The van der Waals surface area contributed by atoms with Gasteiger partial charge in [0, 0.05) is 24.2 Å². The second-order valence-corrected chi connectivity index (χ2v) is 7.06. The highest BCUT2D eigenvalue weighted by Gasteiger charge is 2.19. The van der Waals surface area contributed by atoms with Crippen molar-refractivity contribution in [3.05, 3.63) is 41.1 Å². The van der Waals surface area contributed by atoms with Crippen molar-refractivity contribution in [2.75, 3.05) is 19.7 Å². The number of amides is 1. The van der Waals surface area contributed by atoms with E-state index in [4.69, 9.17) is 4.74 Å². The highest BCUT2D eigenvalue weighted by atomic mass is 16.5. The molecule has 1 aromatic heterocycles. The predicted molar refractivity (Wildman–Crippen MR) is 101 cm³/mol. The Hall–Kier alpha value is -2.43. The van der Waals surface area contributed by atoms with Crippen molar-refractivity contribution in [1.82, 2.24) is 9.88 Å². The molecule has 5 nitrogen and oxygen atoms in total. The summed E-state index contributed by atoms with van der Waals surface area (Å²) in [5.41, 5.74) is 3.03. The highest BCUT2D eigenvalue weighted by Crippen LogP contribution is 2.21. The van der Waals surface area contributed by atoms with Crippen LogP contribution in [0.1, 0.15) is 53.7 Å². The van der Waals surface area contributed by atoms with Crippen LogP contribution in [0.5, 0.6) is 0 Å². The number of carbonyl (C=O) groups is 2. The molecule has 0 bridgehead atoms. The molecule has 0 saturated carbocycles. The molecule has 2 aromatic rings. The van der Waals surface area contributed by atoms with Crippen molar-refractivity contribution >= 4 is 22.8 Å². The van der Waals surface area contributed by atoms with E-state index < -0.39 is 5.97 Å². The van der Waals surface area contributed by atoms with Crippen LogP contribution >= 0.6 is 0 Å². The van der Waals surface area contributed by atoms with Crippen LogP contribution in [-0.2, 0) is 9.53 Å². The van der Waals surface area contributed by atoms with Gasteiger partial charge in [0.05, 0.1) is 11.1 Å². The van der Waals surface area contributed by atoms with Crippen molar-refractivity contribution in [1.29, 1.82) is 0 Å². The number of carbonyl (C=O) groups excluding carboxylic acids is 2. The maximum Gasteiger partial charge on any atom is 0.339 e. The van der Waals surface area contributed by atoms with Crippen LogP contribution in [0, 0.1) is 13.8 Å². The van der Waals surface area contributed by atoms with Crippen molar-refractivity contribution in [2.45, 2.75) is 46.0 Å². The SMILES string of the molecule is Cc1ccc2nc(C)cc(C(=O)OCC(=O)N3CCCCCCC3)c2c1. The van der Waals surface area contributed by atoms with Gasteiger partial charge in [0.2, 0.25) is 0 Å². The van der Waals surface area contributed by atoms with E-state index in [1.807, 2.05) is 36.9 Å². The van der Waals surface area contributed by atoms with Crippen LogP contribution < -0.4 is 0 Å². The zero-order valence-corrected chi connectivity index (χ0v) is 15.6. The Morgan fingerprint density at radius 1 is 1.04 bits per heavy atom. The van der Waals surface area contributed by atoms with Crippen LogP contribution in [-0.4, -0.2) is 41.5 Å². The first-order chi connectivity index (χ1) is 12.5. The molecule has 0 atom stereocenters. The van der Waals surface area contributed by atoms with Crippen LogP contribution in [0.25, 0.3) is 10.9 Å². The third-order valence-corrected chi connectivity index (χ3v) is 4.85. The number of benzene rings is 1. The summed E-state index contributed by atoms with van der Waals surface area (Å²) in [7, 11) is 0. The molecule has 0 radical (unpaired) electrons. The first-order valence-corrected chi connectivity index (χ1v) is 9.37. The molecule has 2 heterocycles. The van der Waals surface area contributed by atoms with Gasteiger partial charge in [0.25, 0.3) is 5.91 Å². The number of rotatable bonds is 3. The predicted octanol–water partition coefficient (Wildman–Crippen LogP) is 3.80. The monoisotopic (exact) mass is 354 g/mol. The first-order valence-electron chi connectivity index (χ1n) is 9.37. The maximum absolute atomic E-state index is 12.6. The van der Waals surface area contributed by atoms with Gasteiger partial charge in [0.1, 0.15) is 0 Å². The molecule has 0 spiro atoms. The molecule has 3 rings (SSSR count). The van der Waals surface area contributed by atoms with E-state index in [2.05, 4.69) is 4.98 Å². The highest BCUT2D eigenvalue weighted by molar-refractivity contribution is 6.04. The molecule has 1 fully saturated rings. The fourth-order valence-corrected chi connectivity index (χ4v) is 3.43. The summed E-state index contributed by atoms with van der Waals surface area (Å²) in [5.74, 6) is -0.571. The Morgan fingerprint density at radius 3 is 2.46 bits per heavy atom. The third kappa shape index (κ3) is 4.40. The second kappa shape index (κ2) is 8.30. The lowest BCUT2D eigenvalue weighted by Crippen LogP contribution is -2.37. The van der Waals surface area contributed by atoms with Crippen molar-refractivity contribution < 1.29 is 14.3 Å². The third-order valence-electron chi connectivity index (χ3n) is 4.85. The molecule has 138 valence electrons. The minimum Gasteiger partial charge on any atom is -0.452 e. The van der Waals surface area contributed by atoms with E-state index in [9.17, 15) is 9.59 Å². The lowest BCUT2D eigenvalue weighted by Gasteiger charge is -2.24. The molecule has 5 heteroatoms. The van der Waals surface area contributed by atoms with Crippen LogP contribution in [0.4, 0.5) is 0 Å². The fraction of sp³-hybridized carbons (Fsp3) is 0.476. The van der Waals surface area contributed by atoms with Crippen LogP contribution in [0.2, 0.25) is 0 Å². The molecule has 0 unspecified atom stereocenters. The number of nitrogens with zero attached hydrogens (tertiary/aromatic N) is 2. The summed E-state index contributed by atoms with van der Waals surface area (Å²) in [6.45, 7) is 5.13. The number of aromatic nitrogens is 1. The van der Waals surface area contributed by atoms with Crippen molar-refractivity contribution in [2.24, 2.45) is 0 Å². The molecule has 1 amide bonds. The minimum atomic E-state index is -0.466. The summed E-state index contributed by atoms with van der Waals surface area (Å²) >= 11 is 0. The van der Waals surface area contributed by atoms with Gasteiger partial charge in [-0.3, -0.25) is 9.78 Å². The van der Waals surface area contributed by atoms with E-state index >= 15 is 0 Å². The topological polar surface area (TPSA) is 59.5 Å². The molecular formula is C21H26N2O3. The van der Waals surface area contributed by atoms with Gasteiger partial charge >= 0.3 is 5.97 Å². The number of pyridine rings is 1. The van der Waals surface area contributed by atoms with Gasteiger partial charge in [-0.05, 0) is 44.9 Å². The van der Waals surface area contributed by atoms with E-state index in [1.165, 1.54) is 6.42 Å². The average Bonchev–Trinajstić information content (AvgIpc) is 2.59. The van der Waals surface area contributed by atoms with E-state index in [-0.39, 0.29) is 12.5 Å². The summed E-state index contributed by atoms with van der Waals surface area (Å²) in [4.78, 5) is 31.3. The van der Waals surface area contributed by atoms with E-state index in [0.717, 1.165) is 60.9 Å². The molecule has 1 aromatic carbocycles. The molecule has 1 aliphatic rings. The Bertz CT molecular complexity index is 808. The van der Waals surface area contributed by atoms with Gasteiger partial charge in [-0.1, -0.05) is 30.9 Å². The number of hydrogen-bond acceptors (Lipinski definition) is 4. The molecule has 1 aliphatic heterocycles. The number of hydrogen-bond donors (Lipinski definition) is 0. The summed E-state index contributed by atoms with van der Waals surface area (Å²) in [6, 6.07) is 7.53. The number of esters is 1. The molecule has 0 aliphatic carbocycles. The van der Waals surface area contributed by atoms with Gasteiger partial charge in [-0.15, -0.1) is 0 Å². The second-order valence-electron chi connectivity index (χ2n) is 7.06. The van der Waals surface area contributed by atoms with Gasteiger partial charge < -0.3 is 9.64 Å². The first kappa shape index (κ1) is 18.4. The summed E-state index contributed by atoms with van der Waals surface area (Å²) in [5, 5.41) is 0.763. The largest absolute Gasteiger partial charge is 0.452 e. The summed E-state index contributed by atoms with van der Waals surface area (Å²) < 4.78 is 5.36. The Labute approximate surface area is 154 Å². The molecule has 1 saturated heterocycles. The normalized spacial score (nSPS) is 15.4. The lowest BCUT2D eigenvalue weighted by molar-refractivity contribution is -0.134. The number of likely N-dealkylation sites (tertiary alicyclic amines) is 1. The minimum absolute atomic E-state index is 0.105. The molecule has 26 heavy (non-hydrogen) atoms. The Balaban J connectivity index is 1.71. The molecule has 0 N–H and O–H groups in total. The Kier molecular flexibility index (Phi) is 5.86. The number of ether oxygens (including phenoxy) is 1. The average molecular weight is 354 g/mol. The van der Waals surface area contributed by atoms with Crippen LogP contribution in [0.15, 0.2) is 24.3 Å². The number of fused-ring (bicyclic) bond motifs is 1. The maximum atomic E-state index is 12.6. The number of aryl methyl sites for hydroxylation is 2. The van der Waals surface area contributed by atoms with Crippen molar-refractivity contribution in [3.63, 3.8) is 0 Å². The quantitative estimate of drug-likeness (QED) is 0.787. The Morgan fingerprint density at radius 2 is 1.73 bits per heavy atom. The molecular weight excluding hydrogens is 328 g/mol. The van der Waals surface area contributed by atoms with Gasteiger partial charge in [0.15, 0.2) is 6.61 Å². The van der Waals surface area contributed by atoms with Gasteiger partial charge in [-0.2, -0.15) is 0 Å². The van der Waals surface area contributed by atoms with Crippen molar-refractivity contribution in [3.8, 4) is 0 Å². The standard InChI is InChI=1S/C21H26N2O3/c1-15-8-9-19-17(12-15)18(13-16(2)22-19)21(25)26-14-20(24)23-10-6-4-3-5-7-11-23/h8-9,12-13H,3-7,10-11,14H2,1-2H3. The summed E-state index contributed by atoms with van der Waals surface area (Å²) in [6.07, 6.45) is 5.60. The van der Waals surface area contributed by atoms with E-state index in [1.54, 1.807) is 6.07 Å². The van der Waals surface area contributed by atoms with E-state index in [0.29, 0.717) is 5.56 Å². The smallest absolute Gasteiger partial charge is 0.339 e. The zero-order chi connectivity index (χ0) is 18.5. The lowest BCUT2D eigenvalue weighted by atomic mass is 10.1. The van der Waals surface area contributed by atoms with Gasteiger partial charge in [-0.25, -0.2) is 4.79 Å². The zero-order valence-electron chi connectivity index (χ0n) is 15.6. The van der Waals surface area contributed by atoms with Crippen LogP contribution in [0.3, 0.4) is 0 Å². The fourth-order valence-electron chi connectivity index (χ4n) is 3.43.